The van der Waals surface area contributed by atoms with Crippen LogP contribution in [-0.2, 0) is 13.6 Å². The molecule has 1 aromatic rings. The lowest BCUT2D eigenvalue weighted by atomic mass is 9.98. The third kappa shape index (κ3) is 2.44. The molecule has 0 radical (unpaired) electrons. The molecule has 1 atom stereocenters. The second kappa shape index (κ2) is 4.97. The molecule has 1 saturated heterocycles. The quantitative estimate of drug-likeness (QED) is 0.826. The second-order valence-corrected chi connectivity index (χ2v) is 4.86. The highest BCUT2D eigenvalue weighted by atomic mass is 15.3. The predicted octanol–water partition coefficient (Wildman–Crippen LogP) is 0.899. The Morgan fingerprint density at radius 1 is 1.56 bits per heavy atom. The highest BCUT2D eigenvalue weighted by Gasteiger charge is 2.19. The Labute approximate surface area is 97.4 Å². The van der Waals surface area contributed by atoms with Gasteiger partial charge in [-0.05, 0) is 38.8 Å². The molecule has 0 bridgehead atoms. The minimum Gasteiger partial charge on any atom is -0.330 e. The number of hydrogen-bond acceptors (Lipinski definition) is 3. The Hall–Kier alpha value is -0.870. The standard InChI is InChI=1S/C12H22N4/c1-10-12(7-14-15(10)2)9-16-5-3-4-11(6-13)8-16/h7,11H,3-6,8-9,13H2,1-2H3/t11-/m0/s1. The van der Waals surface area contributed by atoms with Gasteiger partial charge in [-0.2, -0.15) is 5.10 Å². The van der Waals surface area contributed by atoms with Crippen LogP contribution in [0, 0.1) is 12.8 Å². The van der Waals surface area contributed by atoms with Crippen LogP contribution in [0.2, 0.25) is 0 Å². The molecule has 1 aliphatic heterocycles. The Bertz CT molecular complexity index is 345. The molecule has 1 aromatic heterocycles. The Kier molecular flexibility index (Phi) is 3.61. The SMILES string of the molecule is Cc1c(CN2CCC[C@@H](CN)C2)cnn1C. The average Bonchev–Trinajstić information content (AvgIpc) is 2.61. The largest absolute Gasteiger partial charge is 0.330 e. The van der Waals surface area contributed by atoms with E-state index in [1.54, 1.807) is 0 Å². The molecule has 4 nitrogen and oxygen atoms in total. The fourth-order valence-electron chi connectivity index (χ4n) is 2.43. The van der Waals surface area contributed by atoms with Gasteiger partial charge in [0, 0.05) is 31.4 Å². The number of rotatable bonds is 3. The van der Waals surface area contributed by atoms with E-state index < -0.39 is 0 Å². The molecule has 0 saturated carbocycles. The third-order valence-corrected chi connectivity index (χ3v) is 3.67. The van der Waals surface area contributed by atoms with E-state index in [2.05, 4.69) is 16.9 Å². The molecule has 2 heterocycles. The first-order valence-corrected chi connectivity index (χ1v) is 6.10. The summed E-state index contributed by atoms with van der Waals surface area (Å²) in [6.07, 6.45) is 4.56. The first-order chi connectivity index (χ1) is 7.70. The van der Waals surface area contributed by atoms with Crippen LogP contribution in [0.3, 0.4) is 0 Å². The lowest BCUT2D eigenvalue weighted by molar-refractivity contribution is 0.170. The van der Waals surface area contributed by atoms with Crippen molar-refractivity contribution in [1.29, 1.82) is 0 Å². The summed E-state index contributed by atoms with van der Waals surface area (Å²) in [5, 5.41) is 4.29. The van der Waals surface area contributed by atoms with Gasteiger partial charge in [0.15, 0.2) is 0 Å². The molecule has 1 aliphatic rings. The maximum atomic E-state index is 5.75. The van der Waals surface area contributed by atoms with Crippen molar-refractivity contribution in [2.24, 2.45) is 18.7 Å². The van der Waals surface area contributed by atoms with E-state index in [-0.39, 0.29) is 0 Å². The van der Waals surface area contributed by atoms with Gasteiger partial charge in [0.1, 0.15) is 0 Å². The van der Waals surface area contributed by atoms with Gasteiger partial charge in [0.2, 0.25) is 0 Å². The Balaban J connectivity index is 1.96. The van der Waals surface area contributed by atoms with Gasteiger partial charge < -0.3 is 5.73 Å². The minimum absolute atomic E-state index is 0.686. The number of nitrogens with zero attached hydrogens (tertiary/aromatic N) is 3. The van der Waals surface area contributed by atoms with Crippen LogP contribution in [0.4, 0.5) is 0 Å². The molecule has 2 N–H and O–H groups in total. The van der Waals surface area contributed by atoms with Crippen LogP contribution < -0.4 is 5.73 Å². The van der Waals surface area contributed by atoms with Gasteiger partial charge in [-0.1, -0.05) is 0 Å². The van der Waals surface area contributed by atoms with Crippen molar-refractivity contribution in [2.75, 3.05) is 19.6 Å². The zero-order valence-electron chi connectivity index (χ0n) is 10.3. The van der Waals surface area contributed by atoms with Crippen LogP contribution in [-0.4, -0.2) is 34.3 Å². The van der Waals surface area contributed by atoms with Crippen molar-refractivity contribution in [3.8, 4) is 0 Å². The molecular weight excluding hydrogens is 200 g/mol. The van der Waals surface area contributed by atoms with E-state index in [0.29, 0.717) is 5.92 Å². The van der Waals surface area contributed by atoms with Crippen molar-refractivity contribution < 1.29 is 0 Å². The lowest BCUT2D eigenvalue weighted by Gasteiger charge is -2.31. The first kappa shape index (κ1) is 11.6. The van der Waals surface area contributed by atoms with Gasteiger partial charge in [-0.15, -0.1) is 0 Å². The predicted molar refractivity (Wildman–Crippen MR) is 65.0 cm³/mol. The van der Waals surface area contributed by atoms with Crippen molar-refractivity contribution in [3.63, 3.8) is 0 Å². The van der Waals surface area contributed by atoms with Crippen molar-refractivity contribution in [3.05, 3.63) is 17.5 Å². The molecule has 90 valence electrons. The summed E-state index contributed by atoms with van der Waals surface area (Å²) in [6, 6.07) is 0. The average molecular weight is 222 g/mol. The summed E-state index contributed by atoms with van der Waals surface area (Å²) in [4.78, 5) is 2.50. The summed E-state index contributed by atoms with van der Waals surface area (Å²) < 4.78 is 1.94. The topological polar surface area (TPSA) is 47.1 Å². The zero-order chi connectivity index (χ0) is 11.5. The molecule has 0 aromatic carbocycles. The van der Waals surface area contributed by atoms with Crippen molar-refractivity contribution in [2.45, 2.75) is 26.3 Å². The molecule has 0 aliphatic carbocycles. The fraction of sp³-hybridized carbons (Fsp3) is 0.750. The zero-order valence-corrected chi connectivity index (χ0v) is 10.3. The van der Waals surface area contributed by atoms with E-state index in [4.69, 9.17) is 5.73 Å². The van der Waals surface area contributed by atoms with E-state index in [0.717, 1.165) is 19.6 Å². The number of hydrogen-bond donors (Lipinski definition) is 1. The van der Waals surface area contributed by atoms with Crippen molar-refractivity contribution >= 4 is 0 Å². The van der Waals surface area contributed by atoms with E-state index in [1.807, 2.05) is 17.9 Å². The van der Waals surface area contributed by atoms with E-state index in [1.165, 1.54) is 30.6 Å². The molecule has 16 heavy (non-hydrogen) atoms. The smallest absolute Gasteiger partial charge is 0.0537 e. The first-order valence-electron chi connectivity index (χ1n) is 6.10. The third-order valence-electron chi connectivity index (χ3n) is 3.67. The van der Waals surface area contributed by atoms with Crippen LogP contribution in [0.25, 0.3) is 0 Å². The molecule has 0 amide bonds. The monoisotopic (exact) mass is 222 g/mol. The normalized spacial score (nSPS) is 22.6. The molecule has 2 rings (SSSR count). The van der Waals surface area contributed by atoms with Crippen LogP contribution in [0.5, 0.6) is 0 Å². The van der Waals surface area contributed by atoms with Gasteiger partial charge in [0.05, 0.1) is 6.20 Å². The van der Waals surface area contributed by atoms with Gasteiger partial charge in [-0.3, -0.25) is 9.58 Å². The Morgan fingerprint density at radius 2 is 2.38 bits per heavy atom. The lowest BCUT2D eigenvalue weighted by Crippen LogP contribution is -2.37. The highest BCUT2D eigenvalue weighted by molar-refractivity contribution is 5.15. The summed E-state index contributed by atoms with van der Waals surface area (Å²) >= 11 is 0. The number of aromatic nitrogens is 2. The van der Waals surface area contributed by atoms with E-state index in [9.17, 15) is 0 Å². The molecule has 4 heteroatoms. The van der Waals surface area contributed by atoms with Crippen LogP contribution in [0.15, 0.2) is 6.20 Å². The number of likely N-dealkylation sites (tertiary alicyclic amines) is 1. The number of nitrogens with two attached hydrogens (primary N) is 1. The second-order valence-electron chi connectivity index (χ2n) is 4.86. The Morgan fingerprint density at radius 3 is 3.00 bits per heavy atom. The summed E-state index contributed by atoms with van der Waals surface area (Å²) in [7, 11) is 2.00. The van der Waals surface area contributed by atoms with Gasteiger partial charge >= 0.3 is 0 Å². The molecule has 1 fully saturated rings. The maximum absolute atomic E-state index is 5.75. The summed E-state index contributed by atoms with van der Waals surface area (Å²) in [5.41, 5.74) is 8.37. The summed E-state index contributed by atoms with van der Waals surface area (Å²) in [5.74, 6) is 0.686. The molecular formula is C12H22N4. The maximum Gasteiger partial charge on any atom is 0.0537 e. The molecule has 0 spiro atoms. The van der Waals surface area contributed by atoms with Crippen molar-refractivity contribution in [1.82, 2.24) is 14.7 Å². The van der Waals surface area contributed by atoms with Gasteiger partial charge in [0.25, 0.3) is 0 Å². The summed E-state index contributed by atoms with van der Waals surface area (Å²) in [6.45, 7) is 6.32. The van der Waals surface area contributed by atoms with Crippen LogP contribution >= 0.6 is 0 Å². The number of piperidine rings is 1. The molecule has 0 unspecified atom stereocenters. The highest BCUT2D eigenvalue weighted by Crippen LogP contribution is 2.18. The minimum atomic E-state index is 0.686. The van der Waals surface area contributed by atoms with Gasteiger partial charge in [-0.25, -0.2) is 0 Å². The number of aryl methyl sites for hydroxylation is 1. The van der Waals surface area contributed by atoms with Crippen LogP contribution in [0.1, 0.15) is 24.1 Å². The fourth-order valence-corrected chi connectivity index (χ4v) is 2.43. The van der Waals surface area contributed by atoms with E-state index >= 15 is 0 Å².